The molecular weight excluding hydrogens is 354 g/mol. The van der Waals surface area contributed by atoms with Crippen molar-refractivity contribution in [3.05, 3.63) is 42.5 Å². The van der Waals surface area contributed by atoms with E-state index in [4.69, 9.17) is 0 Å². The quantitative estimate of drug-likeness (QED) is 0.769. The summed E-state index contributed by atoms with van der Waals surface area (Å²) in [6, 6.07) is 11.7. The number of sulfonamides is 1. The van der Waals surface area contributed by atoms with E-state index in [0.717, 1.165) is 5.39 Å². The predicted octanol–water partition coefficient (Wildman–Crippen LogP) is 0.513. The normalized spacial score (nSPS) is 22.0. The fraction of sp³-hybridized carbons (Fsp3) is 0.333. The highest BCUT2D eigenvalue weighted by atomic mass is 32.2. The van der Waals surface area contributed by atoms with Crippen molar-refractivity contribution in [1.82, 2.24) is 14.1 Å². The van der Waals surface area contributed by atoms with E-state index < -0.39 is 16.1 Å². The molecule has 4 rings (SSSR count). The highest BCUT2D eigenvalue weighted by Crippen LogP contribution is 2.28. The van der Waals surface area contributed by atoms with Gasteiger partial charge in [0, 0.05) is 32.1 Å². The summed E-state index contributed by atoms with van der Waals surface area (Å²) in [6.07, 6.45) is 0. The van der Waals surface area contributed by atoms with Gasteiger partial charge in [-0.15, -0.1) is 0 Å². The molecule has 2 aliphatic rings. The Hall–Kier alpha value is -2.45. The number of hydrogen-bond acceptors (Lipinski definition) is 4. The van der Waals surface area contributed by atoms with Gasteiger partial charge in [0.1, 0.15) is 6.04 Å². The Kier molecular flexibility index (Phi) is 3.96. The van der Waals surface area contributed by atoms with Gasteiger partial charge < -0.3 is 9.80 Å². The van der Waals surface area contributed by atoms with Crippen molar-refractivity contribution in [2.45, 2.75) is 10.9 Å². The fourth-order valence-electron chi connectivity index (χ4n) is 3.67. The number of rotatable bonds is 2. The van der Waals surface area contributed by atoms with Crippen LogP contribution in [-0.4, -0.2) is 73.6 Å². The van der Waals surface area contributed by atoms with Crippen molar-refractivity contribution in [3.63, 3.8) is 0 Å². The van der Waals surface area contributed by atoms with Gasteiger partial charge in [-0.1, -0.05) is 36.4 Å². The topological polar surface area (TPSA) is 78.0 Å². The molecule has 2 saturated heterocycles. The van der Waals surface area contributed by atoms with Gasteiger partial charge in [0.15, 0.2) is 0 Å². The molecule has 2 fully saturated rings. The monoisotopic (exact) mass is 373 g/mol. The van der Waals surface area contributed by atoms with E-state index in [1.165, 1.54) is 14.1 Å². The minimum Gasteiger partial charge on any atom is -0.335 e. The maximum atomic E-state index is 13.2. The van der Waals surface area contributed by atoms with Gasteiger partial charge in [0.2, 0.25) is 21.8 Å². The standard InChI is InChI=1S/C18H19N3O4S/c1-19-12-17(22)21-10-9-20(11-15(21)18(19)23)26(24,25)16-8-4-6-13-5-2-3-7-14(13)16/h2-8,15H,9-12H2,1H3/t15-/m1/s1. The van der Waals surface area contributed by atoms with Crippen molar-refractivity contribution in [3.8, 4) is 0 Å². The summed E-state index contributed by atoms with van der Waals surface area (Å²) in [5.74, 6) is -0.360. The van der Waals surface area contributed by atoms with Crippen molar-refractivity contribution in [2.75, 3.05) is 33.2 Å². The highest BCUT2D eigenvalue weighted by Gasteiger charge is 2.44. The lowest BCUT2D eigenvalue weighted by Crippen LogP contribution is -2.66. The Morgan fingerprint density at radius 2 is 1.73 bits per heavy atom. The molecule has 0 N–H and O–H groups in total. The van der Waals surface area contributed by atoms with Crippen LogP contribution in [0.1, 0.15) is 0 Å². The van der Waals surface area contributed by atoms with E-state index in [0.29, 0.717) is 5.39 Å². The van der Waals surface area contributed by atoms with Crippen molar-refractivity contribution in [2.24, 2.45) is 0 Å². The van der Waals surface area contributed by atoms with Gasteiger partial charge in [-0.3, -0.25) is 9.59 Å². The van der Waals surface area contributed by atoms with E-state index in [1.54, 1.807) is 31.3 Å². The third kappa shape index (κ3) is 2.57. The van der Waals surface area contributed by atoms with Crippen molar-refractivity contribution in [1.29, 1.82) is 0 Å². The zero-order valence-corrected chi connectivity index (χ0v) is 15.1. The summed E-state index contributed by atoms with van der Waals surface area (Å²) in [7, 11) is -2.21. The Labute approximate surface area is 151 Å². The van der Waals surface area contributed by atoms with E-state index in [1.807, 2.05) is 18.2 Å². The maximum absolute atomic E-state index is 13.2. The molecule has 7 nitrogen and oxygen atoms in total. The molecule has 0 saturated carbocycles. The maximum Gasteiger partial charge on any atom is 0.246 e. The molecule has 26 heavy (non-hydrogen) atoms. The van der Waals surface area contributed by atoms with Crippen LogP contribution in [0.5, 0.6) is 0 Å². The largest absolute Gasteiger partial charge is 0.335 e. The van der Waals surface area contributed by atoms with Crippen LogP contribution in [0.15, 0.2) is 47.4 Å². The summed E-state index contributed by atoms with van der Waals surface area (Å²) in [4.78, 5) is 27.7. The lowest BCUT2D eigenvalue weighted by molar-refractivity contribution is -0.156. The molecule has 0 unspecified atom stereocenters. The van der Waals surface area contributed by atoms with Crippen LogP contribution in [0.2, 0.25) is 0 Å². The number of benzene rings is 2. The van der Waals surface area contributed by atoms with Crippen LogP contribution in [0.3, 0.4) is 0 Å². The number of carbonyl (C=O) groups is 2. The van der Waals surface area contributed by atoms with Crippen LogP contribution in [0.4, 0.5) is 0 Å². The minimum atomic E-state index is -3.77. The van der Waals surface area contributed by atoms with Gasteiger partial charge in [-0.25, -0.2) is 8.42 Å². The average Bonchev–Trinajstić information content (AvgIpc) is 2.65. The number of piperazine rings is 2. The SMILES string of the molecule is CN1CC(=O)N2CCN(S(=O)(=O)c3cccc4ccccc34)C[C@@H]2C1=O. The second kappa shape index (κ2) is 6.07. The first-order valence-corrected chi connectivity index (χ1v) is 9.86. The molecule has 2 aromatic rings. The lowest BCUT2D eigenvalue weighted by atomic mass is 10.1. The number of nitrogens with zero attached hydrogens (tertiary/aromatic N) is 3. The first kappa shape index (κ1) is 17.0. The van der Waals surface area contributed by atoms with E-state index >= 15 is 0 Å². The molecule has 2 heterocycles. The van der Waals surface area contributed by atoms with Crippen LogP contribution < -0.4 is 0 Å². The van der Waals surface area contributed by atoms with Crippen LogP contribution in [0.25, 0.3) is 10.8 Å². The van der Waals surface area contributed by atoms with Crippen molar-refractivity contribution < 1.29 is 18.0 Å². The predicted molar refractivity (Wildman–Crippen MR) is 95.8 cm³/mol. The second-order valence-corrected chi connectivity index (χ2v) is 8.54. The summed E-state index contributed by atoms with van der Waals surface area (Å²) >= 11 is 0. The fourth-order valence-corrected chi connectivity index (χ4v) is 5.32. The molecule has 8 heteroatoms. The van der Waals surface area contributed by atoms with Crippen LogP contribution >= 0.6 is 0 Å². The first-order valence-electron chi connectivity index (χ1n) is 8.42. The average molecular weight is 373 g/mol. The first-order chi connectivity index (χ1) is 12.4. The minimum absolute atomic E-state index is 0.0134. The zero-order valence-electron chi connectivity index (χ0n) is 14.3. The molecule has 0 radical (unpaired) electrons. The van der Waals surface area contributed by atoms with Crippen molar-refractivity contribution >= 4 is 32.6 Å². The van der Waals surface area contributed by atoms with Gasteiger partial charge in [-0.05, 0) is 11.5 Å². The highest BCUT2D eigenvalue weighted by molar-refractivity contribution is 7.89. The Bertz CT molecular complexity index is 999. The van der Waals surface area contributed by atoms with Gasteiger partial charge in [0.25, 0.3) is 0 Å². The molecule has 136 valence electrons. The lowest BCUT2D eigenvalue weighted by Gasteiger charge is -2.44. The molecule has 0 spiro atoms. The number of carbonyl (C=O) groups excluding carboxylic acids is 2. The van der Waals surface area contributed by atoms with Crippen LogP contribution in [-0.2, 0) is 19.6 Å². The second-order valence-electron chi connectivity index (χ2n) is 6.64. The number of hydrogen-bond donors (Lipinski definition) is 0. The third-order valence-corrected chi connectivity index (χ3v) is 6.99. The summed E-state index contributed by atoms with van der Waals surface area (Å²) in [6.45, 7) is 0.448. The van der Waals surface area contributed by atoms with Crippen LogP contribution in [0, 0.1) is 0 Å². The van der Waals surface area contributed by atoms with Gasteiger partial charge in [-0.2, -0.15) is 4.31 Å². The van der Waals surface area contributed by atoms with E-state index in [9.17, 15) is 18.0 Å². The molecule has 0 aromatic heterocycles. The van der Waals surface area contributed by atoms with Gasteiger partial charge >= 0.3 is 0 Å². The van der Waals surface area contributed by atoms with Gasteiger partial charge in [0.05, 0.1) is 11.4 Å². The summed E-state index contributed by atoms with van der Waals surface area (Å²) < 4.78 is 27.8. The number of amides is 2. The molecular formula is C18H19N3O4S. The Balaban J connectivity index is 1.71. The molecule has 1 atom stereocenters. The molecule has 2 aliphatic heterocycles. The zero-order chi connectivity index (χ0) is 18.5. The molecule has 0 aliphatic carbocycles. The molecule has 2 aromatic carbocycles. The number of fused-ring (bicyclic) bond motifs is 2. The molecule has 2 amide bonds. The third-order valence-electron chi connectivity index (χ3n) is 5.06. The summed E-state index contributed by atoms with van der Waals surface area (Å²) in [5, 5.41) is 1.50. The summed E-state index contributed by atoms with van der Waals surface area (Å²) in [5.41, 5.74) is 0. The Morgan fingerprint density at radius 3 is 2.54 bits per heavy atom. The smallest absolute Gasteiger partial charge is 0.246 e. The number of likely N-dealkylation sites (N-methyl/N-ethyl adjacent to an activating group) is 1. The van der Waals surface area contributed by atoms with E-state index in [-0.39, 0.29) is 42.9 Å². The molecule has 0 bridgehead atoms. The van der Waals surface area contributed by atoms with E-state index in [2.05, 4.69) is 0 Å². The Morgan fingerprint density at radius 1 is 1.00 bits per heavy atom.